The second kappa shape index (κ2) is 7.78. The number of carboxylic acids is 1. The third kappa shape index (κ3) is 4.09. The molecule has 0 saturated heterocycles. The van der Waals surface area contributed by atoms with Gasteiger partial charge in [-0.05, 0) is 69.7 Å². The van der Waals surface area contributed by atoms with Crippen molar-refractivity contribution < 1.29 is 23.1 Å². The number of benzene rings is 1. The summed E-state index contributed by atoms with van der Waals surface area (Å²) in [5.41, 5.74) is -0.989. The van der Waals surface area contributed by atoms with Crippen LogP contribution in [-0.4, -0.2) is 36.2 Å². The number of carbonyl (C=O) groups is 2. The Balaban J connectivity index is 2.17. The first-order chi connectivity index (χ1) is 12.1. The fourth-order valence-electron chi connectivity index (χ4n) is 3.33. The van der Waals surface area contributed by atoms with Crippen molar-refractivity contribution in [3.63, 3.8) is 0 Å². The molecular weight excluding hydrogens is 354 g/mol. The fourth-order valence-corrected chi connectivity index (χ4v) is 4.39. The Bertz CT molecular complexity index is 760. The zero-order valence-corrected chi connectivity index (χ0v) is 16.3. The number of aliphatic carboxylic acids is 1. The van der Waals surface area contributed by atoms with E-state index in [1.54, 1.807) is 13.8 Å². The lowest BCUT2D eigenvalue weighted by Crippen LogP contribution is -2.56. The van der Waals surface area contributed by atoms with Gasteiger partial charge in [-0.1, -0.05) is 13.3 Å². The topological polar surface area (TPSA) is 101 Å². The van der Waals surface area contributed by atoms with Gasteiger partial charge in [0.2, 0.25) is 0 Å². The molecule has 0 aliphatic heterocycles. The first-order valence-corrected chi connectivity index (χ1v) is 10.6. The number of sulfone groups is 1. The number of carboxylic acid groups (broad SMARTS) is 1. The molecule has 0 unspecified atom stereocenters. The van der Waals surface area contributed by atoms with Gasteiger partial charge in [0.05, 0.1) is 10.1 Å². The average molecular weight is 381 g/mol. The van der Waals surface area contributed by atoms with Crippen molar-refractivity contribution in [3.8, 4) is 0 Å². The van der Waals surface area contributed by atoms with E-state index in [-0.39, 0.29) is 10.5 Å². The van der Waals surface area contributed by atoms with E-state index in [4.69, 9.17) is 0 Å². The van der Waals surface area contributed by atoms with E-state index in [9.17, 15) is 23.1 Å². The van der Waals surface area contributed by atoms with Crippen LogP contribution in [0.3, 0.4) is 0 Å². The standard InChI is InChI=1S/C19H27NO5S/c1-4-14-9-11-19(12-10-14,18(22)23)20-17(21)15-5-7-16(8-6-15)26(24,25)13(2)3/h5-8,13-14H,4,9-12H2,1-3H3,(H,20,21)(H,22,23). The van der Waals surface area contributed by atoms with Crippen LogP contribution in [0.2, 0.25) is 0 Å². The van der Waals surface area contributed by atoms with Crippen LogP contribution in [0.5, 0.6) is 0 Å². The SMILES string of the molecule is CCC1CCC(NC(=O)c2ccc(S(=O)(=O)C(C)C)cc2)(C(=O)O)CC1. The molecule has 26 heavy (non-hydrogen) atoms. The zero-order chi connectivity index (χ0) is 19.5. The normalized spacial score (nSPS) is 23.6. The Morgan fingerprint density at radius 2 is 1.73 bits per heavy atom. The van der Waals surface area contributed by atoms with Crippen molar-refractivity contribution in [1.29, 1.82) is 0 Å². The van der Waals surface area contributed by atoms with E-state index in [1.807, 2.05) is 0 Å². The number of nitrogens with one attached hydrogen (secondary N) is 1. The monoisotopic (exact) mass is 381 g/mol. The van der Waals surface area contributed by atoms with Gasteiger partial charge in [-0.3, -0.25) is 4.79 Å². The highest BCUT2D eigenvalue weighted by atomic mass is 32.2. The fraction of sp³-hybridized carbons (Fsp3) is 0.579. The Hall–Kier alpha value is -1.89. The summed E-state index contributed by atoms with van der Waals surface area (Å²) in [6.45, 7) is 5.28. The number of carbonyl (C=O) groups excluding carboxylic acids is 1. The smallest absolute Gasteiger partial charge is 0.329 e. The highest BCUT2D eigenvalue weighted by Crippen LogP contribution is 2.34. The Kier molecular flexibility index (Phi) is 6.11. The summed E-state index contributed by atoms with van der Waals surface area (Å²) in [5.74, 6) is -1.00. The lowest BCUT2D eigenvalue weighted by atomic mass is 9.75. The van der Waals surface area contributed by atoms with Gasteiger partial charge >= 0.3 is 5.97 Å². The summed E-state index contributed by atoms with van der Waals surface area (Å²) in [7, 11) is -3.41. The first kappa shape index (κ1) is 20.4. The van der Waals surface area contributed by atoms with Crippen molar-refractivity contribution in [1.82, 2.24) is 5.32 Å². The van der Waals surface area contributed by atoms with Crippen LogP contribution in [-0.2, 0) is 14.6 Å². The number of hydrogen-bond donors (Lipinski definition) is 2. The van der Waals surface area contributed by atoms with Crippen LogP contribution in [0.25, 0.3) is 0 Å². The summed E-state index contributed by atoms with van der Waals surface area (Å²) < 4.78 is 24.3. The van der Waals surface area contributed by atoms with Gasteiger partial charge in [0.15, 0.2) is 9.84 Å². The molecule has 2 N–H and O–H groups in total. The van der Waals surface area contributed by atoms with Gasteiger partial charge in [0.1, 0.15) is 5.54 Å². The first-order valence-electron chi connectivity index (χ1n) is 9.02. The van der Waals surface area contributed by atoms with Gasteiger partial charge in [-0.2, -0.15) is 0 Å². The van der Waals surface area contributed by atoms with Crippen molar-refractivity contribution in [2.45, 2.75) is 68.6 Å². The Morgan fingerprint density at radius 3 is 2.15 bits per heavy atom. The van der Waals surface area contributed by atoms with E-state index in [2.05, 4.69) is 12.2 Å². The van der Waals surface area contributed by atoms with Crippen molar-refractivity contribution in [2.75, 3.05) is 0 Å². The highest BCUT2D eigenvalue weighted by Gasteiger charge is 2.43. The molecule has 1 aliphatic rings. The highest BCUT2D eigenvalue weighted by molar-refractivity contribution is 7.92. The minimum Gasteiger partial charge on any atom is -0.480 e. The maximum atomic E-state index is 12.5. The molecule has 1 aromatic carbocycles. The lowest BCUT2D eigenvalue weighted by molar-refractivity contribution is -0.146. The lowest BCUT2D eigenvalue weighted by Gasteiger charge is -2.37. The largest absolute Gasteiger partial charge is 0.480 e. The second-order valence-electron chi connectivity index (χ2n) is 7.31. The van der Waals surface area contributed by atoms with Crippen LogP contribution >= 0.6 is 0 Å². The van der Waals surface area contributed by atoms with Crippen molar-refractivity contribution >= 4 is 21.7 Å². The van der Waals surface area contributed by atoms with Crippen LogP contribution in [0.1, 0.15) is 63.2 Å². The molecule has 1 amide bonds. The quantitative estimate of drug-likeness (QED) is 0.789. The van der Waals surface area contributed by atoms with Crippen LogP contribution in [0.15, 0.2) is 29.2 Å². The maximum absolute atomic E-state index is 12.5. The number of rotatable bonds is 6. The summed E-state index contributed by atoms with van der Waals surface area (Å²) in [6.07, 6.45) is 3.37. The molecule has 0 radical (unpaired) electrons. The minimum absolute atomic E-state index is 0.153. The number of amides is 1. The van der Waals surface area contributed by atoms with E-state index in [0.29, 0.717) is 18.8 Å². The van der Waals surface area contributed by atoms with E-state index < -0.39 is 32.5 Å². The van der Waals surface area contributed by atoms with Crippen molar-refractivity contribution in [2.24, 2.45) is 5.92 Å². The van der Waals surface area contributed by atoms with E-state index >= 15 is 0 Å². The molecule has 0 aromatic heterocycles. The van der Waals surface area contributed by atoms with Gasteiger partial charge in [0, 0.05) is 5.56 Å². The van der Waals surface area contributed by atoms with E-state index in [0.717, 1.165) is 19.3 Å². The second-order valence-corrected chi connectivity index (χ2v) is 9.82. The molecule has 0 atom stereocenters. The Morgan fingerprint density at radius 1 is 1.19 bits per heavy atom. The maximum Gasteiger partial charge on any atom is 0.329 e. The summed E-state index contributed by atoms with van der Waals surface area (Å²) in [5, 5.41) is 11.8. The predicted molar refractivity (Wildman–Crippen MR) is 98.8 cm³/mol. The molecule has 7 heteroatoms. The summed E-state index contributed by atoms with van der Waals surface area (Å²) >= 11 is 0. The van der Waals surface area contributed by atoms with Gasteiger partial charge < -0.3 is 10.4 Å². The molecule has 144 valence electrons. The predicted octanol–water partition coefficient (Wildman–Crippen LogP) is 3.02. The molecule has 2 rings (SSSR count). The van der Waals surface area contributed by atoms with Gasteiger partial charge in [0.25, 0.3) is 5.91 Å². The third-order valence-corrected chi connectivity index (χ3v) is 7.53. The molecule has 1 fully saturated rings. The molecule has 1 saturated carbocycles. The van der Waals surface area contributed by atoms with Crippen LogP contribution in [0, 0.1) is 5.92 Å². The van der Waals surface area contributed by atoms with Crippen molar-refractivity contribution in [3.05, 3.63) is 29.8 Å². The molecule has 6 nitrogen and oxygen atoms in total. The molecule has 1 aliphatic carbocycles. The van der Waals surface area contributed by atoms with Gasteiger partial charge in [-0.15, -0.1) is 0 Å². The minimum atomic E-state index is -3.41. The molecule has 0 heterocycles. The molecule has 0 bridgehead atoms. The third-order valence-electron chi connectivity index (χ3n) is 5.36. The summed E-state index contributed by atoms with van der Waals surface area (Å²) in [6, 6.07) is 5.65. The Labute approximate surface area is 154 Å². The molecular formula is C19H27NO5S. The molecule has 0 spiro atoms. The van der Waals surface area contributed by atoms with Gasteiger partial charge in [-0.25, -0.2) is 13.2 Å². The average Bonchev–Trinajstić information content (AvgIpc) is 2.62. The number of hydrogen-bond acceptors (Lipinski definition) is 4. The van der Waals surface area contributed by atoms with Crippen LogP contribution < -0.4 is 5.32 Å². The summed E-state index contributed by atoms with van der Waals surface area (Å²) in [4.78, 5) is 24.5. The van der Waals surface area contributed by atoms with E-state index in [1.165, 1.54) is 24.3 Å². The zero-order valence-electron chi connectivity index (χ0n) is 15.5. The van der Waals surface area contributed by atoms with Crippen LogP contribution in [0.4, 0.5) is 0 Å². The molecule has 1 aromatic rings.